The van der Waals surface area contributed by atoms with E-state index >= 15 is 0 Å². The first kappa shape index (κ1) is 9.35. The molecule has 0 saturated carbocycles. The molecule has 0 radical (unpaired) electrons. The van der Waals surface area contributed by atoms with Gasteiger partial charge in [0, 0.05) is 17.2 Å². The van der Waals surface area contributed by atoms with Crippen molar-refractivity contribution in [1.82, 2.24) is 0 Å². The summed E-state index contributed by atoms with van der Waals surface area (Å²) in [6, 6.07) is 4.78. The summed E-state index contributed by atoms with van der Waals surface area (Å²) < 4.78 is 12.8. The molecule has 66 valence electrons. The Labute approximate surface area is 75.1 Å². The highest BCUT2D eigenvalue weighted by molar-refractivity contribution is 7.99. The minimum absolute atomic E-state index is 0.187. The van der Waals surface area contributed by atoms with Gasteiger partial charge in [-0.05, 0) is 18.2 Å². The maximum Gasteiger partial charge on any atom is 0.147 e. The molecule has 4 heteroatoms. The van der Waals surface area contributed by atoms with Gasteiger partial charge in [0.2, 0.25) is 0 Å². The molecule has 4 N–H and O–H groups in total. The number of benzene rings is 1. The maximum atomic E-state index is 12.8. The van der Waals surface area contributed by atoms with E-state index < -0.39 is 0 Å². The fraction of sp³-hybridized carbons (Fsp3) is 0.250. The Morgan fingerprint density at radius 1 is 1.42 bits per heavy atom. The molecular formula is C8H11FN2S. The van der Waals surface area contributed by atoms with Gasteiger partial charge >= 0.3 is 0 Å². The molecule has 0 fully saturated rings. The van der Waals surface area contributed by atoms with Crippen molar-refractivity contribution in [2.75, 3.05) is 18.0 Å². The highest BCUT2D eigenvalue weighted by Gasteiger charge is 1.99. The number of hydrogen-bond acceptors (Lipinski definition) is 3. The molecule has 0 spiro atoms. The third-order valence-corrected chi connectivity index (χ3v) is 2.39. The molecule has 0 aliphatic carbocycles. The minimum atomic E-state index is -0.364. The zero-order chi connectivity index (χ0) is 8.97. The van der Waals surface area contributed by atoms with Gasteiger partial charge in [-0.1, -0.05) is 0 Å². The normalized spacial score (nSPS) is 10.2. The third kappa shape index (κ3) is 2.39. The summed E-state index contributed by atoms with van der Waals surface area (Å²) in [6.45, 7) is 0.594. The second-order valence-electron chi connectivity index (χ2n) is 2.32. The summed E-state index contributed by atoms with van der Waals surface area (Å²) in [6.07, 6.45) is 0. The molecule has 2 nitrogen and oxygen atoms in total. The summed E-state index contributed by atoms with van der Waals surface area (Å²) in [5.41, 5.74) is 10.8. The standard InChI is InChI=1S/C8H11FN2S/c9-7-5-6(12-4-3-10)1-2-8(7)11/h1-2,5H,3-4,10-11H2. The van der Waals surface area contributed by atoms with Crippen molar-refractivity contribution in [2.24, 2.45) is 5.73 Å². The minimum Gasteiger partial charge on any atom is -0.396 e. The van der Waals surface area contributed by atoms with Crippen LogP contribution in [0.5, 0.6) is 0 Å². The van der Waals surface area contributed by atoms with Crippen molar-refractivity contribution >= 4 is 17.4 Å². The fourth-order valence-electron chi connectivity index (χ4n) is 0.774. The van der Waals surface area contributed by atoms with E-state index in [1.54, 1.807) is 12.1 Å². The molecule has 12 heavy (non-hydrogen) atoms. The SMILES string of the molecule is NCCSc1ccc(N)c(F)c1. The van der Waals surface area contributed by atoms with Gasteiger partial charge in [0.15, 0.2) is 0 Å². The van der Waals surface area contributed by atoms with Gasteiger partial charge in [-0.15, -0.1) is 11.8 Å². The summed E-state index contributed by atoms with van der Waals surface area (Å²) in [7, 11) is 0. The Bertz CT molecular complexity index is 265. The summed E-state index contributed by atoms with van der Waals surface area (Å²) in [4.78, 5) is 0.868. The molecule has 0 saturated heterocycles. The number of hydrogen-bond donors (Lipinski definition) is 2. The quantitative estimate of drug-likeness (QED) is 0.555. The van der Waals surface area contributed by atoms with E-state index in [-0.39, 0.29) is 11.5 Å². The monoisotopic (exact) mass is 186 g/mol. The van der Waals surface area contributed by atoms with E-state index in [0.29, 0.717) is 6.54 Å². The van der Waals surface area contributed by atoms with Gasteiger partial charge in [-0.3, -0.25) is 0 Å². The number of rotatable bonds is 3. The van der Waals surface area contributed by atoms with Crippen molar-refractivity contribution in [3.05, 3.63) is 24.0 Å². The van der Waals surface area contributed by atoms with E-state index in [4.69, 9.17) is 11.5 Å². The molecule has 0 amide bonds. The first-order valence-corrected chi connectivity index (χ1v) is 4.60. The number of nitrogens with two attached hydrogens (primary N) is 2. The average Bonchev–Trinajstić information content (AvgIpc) is 2.07. The van der Waals surface area contributed by atoms with E-state index in [2.05, 4.69) is 0 Å². The lowest BCUT2D eigenvalue weighted by molar-refractivity contribution is 0.629. The van der Waals surface area contributed by atoms with E-state index in [9.17, 15) is 4.39 Å². The zero-order valence-corrected chi connectivity index (χ0v) is 7.40. The van der Waals surface area contributed by atoms with Gasteiger partial charge in [0.05, 0.1) is 5.69 Å². The smallest absolute Gasteiger partial charge is 0.147 e. The largest absolute Gasteiger partial charge is 0.396 e. The van der Waals surface area contributed by atoms with E-state index in [0.717, 1.165) is 10.6 Å². The first-order chi connectivity index (χ1) is 5.74. The second kappa shape index (κ2) is 4.33. The third-order valence-electron chi connectivity index (χ3n) is 1.36. The maximum absolute atomic E-state index is 12.8. The molecule has 0 heterocycles. The lowest BCUT2D eigenvalue weighted by atomic mass is 10.3. The number of anilines is 1. The van der Waals surface area contributed by atoms with Crippen LogP contribution in [0, 0.1) is 5.82 Å². The van der Waals surface area contributed by atoms with Crippen molar-refractivity contribution < 1.29 is 4.39 Å². The number of nitrogen functional groups attached to an aromatic ring is 1. The molecule has 0 bridgehead atoms. The van der Waals surface area contributed by atoms with Gasteiger partial charge in [-0.2, -0.15) is 0 Å². The van der Waals surface area contributed by atoms with Crippen LogP contribution in [0.15, 0.2) is 23.1 Å². The van der Waals surface area contributed by atoms with Crippen LogP contribution in [0.1, 0.15) is 0 Å². The predicted molar refractivity (Wildman–Crippen MR) is 50.6 cm³/mol. The van der Waals surface area contributed by atoms with Crippen molar-refractivity contribution in [3.8, 4) is 0 Å². The highest BCUT2D eigenvalue weighted by Crippen LogP contribution is 2.21. The predicted octanol–water partition coefficient (Wildman–Crippen LogP) is 1.46. The van der Waals surface area contributed by atoms with Crippen LogP contribution in [0.3, 0.4) is 0 Å². The van der Waals surface area contributed by atoms with Gasteiger partial charge in [-0.25, -0.2) is 4.39 Å². The van der Waals surface area contributed by atoms with Crippen LogP contribution in [-0.4, -0.2) is 12.3 Å². The van der Waals surface area contributed by atoms with Crippen LogP contribution in [-0.2, 0) is 0 Å². The Balaban J connectivity index is 2.69. The summed E-state index contributed by atoms with van der Waals surface area (Å²) >= 11 is 1.52. The molecule has 0 unspecified atom stereocenters. The molecule has 0 aliphatic rings. The van der Waals surface area contributed by atoms with Gasteiger partial charge < -0.3 is 11.5 Å². The average molecular weight is 186 g/mol. The van der Waals surface area contributed by atoms with Gasteiger partial charge in [0.1, 0.15) is 5.82 Å². The van der Waals surface area contributed by atoms with Crippen LogP contribution in [0.4, 0.5) is 10.1 Å². The van der Waals surface area contributed by atoms with Crippen LogP contribution >= 0.6 is 11.8 Å². The van der Waals surface area contributed by atoms with Gasteiger partial charge in [0.25, 0.3) is 0 Å². The lowest BCUT2D eigenvalue weighted by Crippen LogP contribution is -2.01. The molecular weight excluding hydrogens is 175 g/mol. The molecule has 1 aromatic carbocycles. The summed E-state index contributed by atoms with van der Waals surface area (Å²) in [5, 5.41) is 0. The highest BCUT2D eigenvalue weighted by atomic mass is 32.2. The molecule has 1 aromatic rings. The Morgan fingerprint density at radius 3 is 2.75 bits per heavy atom. The van der Waals surface area contributed by atoms with Crippen molar-refractivity contribution in [3.63, 3.8) is 0 Å². The van der Waals surface area contributed by atoms with Crippen LogP contribution in [0.2, 0.25) is 0 Å². The molecule has 1 rings (SSSR count). The molecule has 0 atom stereocenters. The van der Waals surface area contributed by atoms with Crippen molar-refractivity contribution in [1.29, 1.82) is 0 Å². The molecule has 0 aromatic heterocycles. The van der Waals surface area contributed by atoms with E-state index in [1.807, 2.05) is 0 Å². The zero-order valence-electron chi connectivity index (χ0n) is 6.59. The Hall–Kier alpha value is -0.740. The second-order valence-corrected chi connectivity index (χ2v) is 3.49. The number of thioether (sulfide) groups is 1. The van der Waals surface area contributed by atoms with E-state index in [1.165, 1.54) is 17.8 Å². The molecule has 0 aliphatic heterocycles. The lowest BCUT2D eigenvalue weighted by Gasteiger charge is -2.01. The number of halogens is 1. The van der Waals surface area contributed by atoms with Crippen LogP contribution in [0.25, 0.3) is 0 Å². The fourth-order valence-corrected chi connectivity index (χ4v) is 1.48. The summed E-state index contributed by atoms with van der Waals surface area (Å²) in [5.74, 6) is 0.431. The van der Waals surface area contributed by atoms with Crippen molar-refractivity contribution in [2.45, 2.75) is 4.90 Å². The first-order valence-electron chi connectivity index (χ1n) is 3.62. The topological polar surface area (TPSA) is 52.0 Å². The Kier molecular flexibility index (Phi) is 3.37. The Morgan fingerprint density at radius 2 is 2.17 bits per heavy atom. The van der Waals surface area contributed by atoms with Crippen LogP contribution < -0.4 is 11.5 Å².